The number of nitrogens with one attached hydrogen (secondary N) is 4. The fraction of sp³-hybridized carbons (Fsp3) is 0.423. The molecule has 0 bridgehead atoms. The molecule has 186 valence electrons. The number of methoxy groups -OCH3 is 1. The molecular formula is C26H35N7O2. The van der Waals surface area contributed by atoms with Crippen LogP contribution in [0.4, 0.5) is 5.69 Å². The third kappa shape index (κ3) is 6.17. The molecule has 1 saturated heterocycles. The maximum absolute atomic E-state index is 12.9. The molecule has 1 aliphatic heterocycles. The van der Waals surface area contributed by atoms with Gasteiger partial charge < -0.3 is 25.3 Å². The Labute approximate surface area is 206 Å². The molecule has 0 saturated carbocycles. The second kappa shape index (κ2) is 11.8. The van der Waals surface area contributed by atoms with Crippen LogP contribution in [0, 0.1) is 0 Å². The zero-order chi connectivity index (χ0) is 24.6. The maximum Gasteiger partial charge on any atom is 0.251 e. The highest BCUT2D eigenvalue weighted by atomic mass is 16.5. The number of hydrogen-bond acceptors (Lipinski definition) is 7. The molecule has 3 aromatic rings. The number of amides is 1. The molecular weight excluding hydrogens is 442 g/mol. The highest BCUT2D eigenvalue weighted by molar-refractivity contribution is 5.95. The molecule has 2 aromatic carbocycles. The van der Waals surface area contributed by atoms with Crippen molar-refractivity contribution in [1.82, 2.24) is 30.7 Å². The SMILES string of the molecule is CCCn1c(CNc2cccc(C(=O)N[C@@H](C)c3cccc(OC)c3)c2)nnc1C1CCNCN1. The third-order valence-electron chi connectivity index (χ3n) is 6.21. The van der Waals surface area contributed by atoms with Gasteiger partial charge in [-0.3, -0.25) is 10.1 Å². The molecule has 1 aromatic heterocycles. The summed E-state index contributed by atoms with van der Waals surface area (Å²) in [6.07, 6.45) is 1.99. The normalized spacial score (nSPS) is 16.5. The number of ether oxygens (including phenoxy) is 1. The molecule has 2 atom stereocenters. The van der Waals surface area contributed by atoms with E-state index in [4.69, 9.17) is 4.74 Å². The van der Waals surface area contributed by atoms with Crippen molar-refractivity contribution in [3.63, 3.8) is 0 Å². The summed E-state index contributed by atoms with van der Waals surface area (Å²) < 4.78 is 7.51. The lowest BCUT2D eigenvalue weighted by Crippen LogP contribution is -2.41. The number of carbonyl (C=O) groups excluding carboxylic acids is 1. The lowest BCUT2D eigenvalue weighted by Gasteiger charge is -2.24. The van der Waals surface area contributed by atoms with E-state index in [1.165, 1.54) is 0 Å². The van der Waals surface area contributed by atoms with E-state index in [0.717, 1.165) is 61.2 Å². The van der Waals surface area contributed by atoms with Crippen molar-refractivity contribution in [2.75, 3.05) is 25.6 Å². The van der Waals surface area contributed by atoms with Gasteiger partial charge in [-0.05, 0) is 62.2 Å². The first-order chi connectivity index (χ1) is 17.1. The molecule has 0 aliphatic carbocycles. The number of benzene rings is 2. The van der Waals surface area contributed by atoms with Gasteiger partial charge in [-0.25, -0.2) is 0 Å². The summed E-state index contributed by atoms with van der Waals surface area (Å²) in [6, 6.07) is 15.3. The molecule has 9 nitrogen and oxygen atoms in total. The molecule has 0 spiro atoms. The van der Waals surface area contributed by atoms with E-state index in [1.54, 1.807) is 7.11 Å². The summed E-state index contributed by atoms with van der Waals surface area (Å²) in [5.41, 5.74) is 2.44. The van der Waals surface area contributed by atoms with Crippen LogP contribution >= 0.6 is 0 Å². The molecule has 4 rings (SSSR count). The van der Waals surface area contributed by atoms with Gasteiger partial charge in [-0.1, -0.05) is 25.1 Å². The summed E-state index contributed by atoms with van der Waals surface area (Å²) in [7, 11) is 1.64. The van der Waals surface area contributed by atoms with Gasteiger partial charge in [-0.15, -0.1) is 10.2 Å². The van der Waals surface area contributed by atoms with Gasteiger partial charge in [-0.2, -0.15) is 0 Å². The fourth-order valence-corrected chi connectivity index (χ4v) is 4.28. The summed E-state index contributed by atoms with van der Waals surface area (Å²) in [6.45, 7) is 7.27. The highest BCUT2D eigenvalue weighted by Crippen LogP contribution is 2.21. The van der Waals surface area contributed by atoms with E-state index >= 15 is 0 Å². The predicted octanol–water partition coefficient (Wildman–Crippen LogP) is 3.38. The first-order valence-electron chi connectivity index (χ1n) is 12.2. The van der Waals surface area contributed by atoms with Gasteiger partial charge in [0.15, 0.2) is 5.82 Å². The van der Waals surface area contributed by atoms with Crippen LogP contribution in [0.15, 0.2) is 48.5 Å². The minimum absolute atomic E-state index is 0.127. The van der Waals surface area contributed by atoms with Gasteiger partial charge in [0.05, 0.1) is 25.7 Å². The summed E-state index contributed by atoms with van der Waals surface area (Å²) in [5.74, 6) is 2.52. The van der Waals surface area contributed by atoms with Crippen molar-refractivity contribution in [2.45, 2.75) is 51.9 Å². The van der Waals surface area contributed by atoms with Gasteiger partial charge in [0.1, 0.15) is 11.6 Å². The van der Waals surface area contributed by atoms with E-state index in [0.29, 0.717) is 12.1 Å². The molecule has 2 heterocycles. The smallest absolute Gasteiger partial charge is 0.251 e. The molecule has 1 amide bonds. The standard InChI is InChI=1S/C26H35N7O2/c1-4-13-33-24(31-32-25(33)23-11-12-27-17-29-23)16-28-21-9-5-8-20(14-21)26(34)30-18(2)19-7-6-10-22(15-19)35-3/h5-10,14-15,18,23,27-29H,4,11-13,16-17H2,1-3H3,(H,30,34)/t18-,23?/m0/s1. The first kappa shape index (κ1) is 24.7. The quantitative estimate of drug-likeness (QED) is 0.355. The Bertz CT molecular complexity index is 1120. The van der Waals surface area contributed by atoms with Crippen LogP contribution < -0.4 is 26.0 Å². The van der Waals surface area contributed by atoms with Crippen LogP contribution in [-0.2, 0) is 13.1 Å². The number of anilines is 1. The second-order valence-corrected chi connectivity index (χ2v) is 8.75. The highest BCUT2D eigenvalue weighted by Gasteiger charge is 2.22. The van der Waals surface area contributed by atoms with Crippen LogP contribution in [0.2, 0.25) is 0 Å². The molecule has 1 unspecified atom stereocenters. The molecule has 4 N–H and O–H groups in total. The Morgan fingerprint density at radius 1 is 1.23 bits per heavy atom. The van der Waals surface area contributed by atoms with Crippen molar-refractivity contribution in [3.8, 4) is 5.75 Å². The number of hydrogen-bond donors (Lipinski definition) is 4. The average Bonchev–Trinajstić information content (AvgIpc) is 3.30. The zero-order valence-electron chi connectivity index (χ0n) is 20.7. The zero-order valence-corrected chi connectivity index (χ0v) is 20.7. The molecule has 9 heteroatoms. The third-order valence-corrected chi connectivity index (χ3v) is 6.21. The summed E-state index contributed by atoms with van der Waals surface area (Å²) >= 11 is 0. The van der Waals surface area contributed by atoms with Crippen molar-refractivity contribution in [2.24, 2.45) is 0 Å². The van der Waals surface area contributed by atoms with Gasteiger partial charge in [0.2, 0.25) is 0 Å². The first-order valence-corrected chi connectivity index (χ1v) is 12.2. The van der Waals surface area contributed by atoms with Crippen LogP contribution in [0.5, 0.6) is 5.75 Å². The summed E-state index contributed by atoms with van der Waals surface area (Å²) in [5, 5.41) is 22.2. The number of aromatic nitrogens is 3. The Morgan fingerprint density at radius 3 is 2.86 bits per heavy atom. The van der Waals surface area contributed by atoms with Gasteiger partial charge in [0, 0.05) is 24.5 Å². The topological polar surface area (TPSA) is 105 Å². The second-order valence-electron chi connectivity index (χ2n) is 8.75. The minimum atomic E-state index is -0.149. The van der Waals surface area contributed by atoms with Crippen LogP contribution in [0.3, 0.4) is 0 Å². The van der Waals surface area contributed by atoms with Gasteiger partial charge in [0.25, 0.3) is 5.91 Å². The molecule has 35 heavy (non-hydrogen) atoms. The number of nitrogens with zero attached hydrogens (tertiary/aromatic N) is 3. The van der Waals surface area contributed by atoms with Crippen molar-refractivity contribution in [1.29, 1.82) is 0 Å². The Morgan fingerprint density at radius 2 is 2.09 bits per heavy atom. The Kier molecular flexibility index (Phi) is 8.33. The number of carbonyl (C=O) groups is 1. The van der Waals surface area contributed by atoms with Crippen LogP contribution in [0.1, 0.15) is 66.3 Å². The van der Waals surface area contributed by atoms with E-state index < -0.39 is 0 Å². The average molecular weight is 478 g/mol. The monoisotopic (exact) mass is 477 g/mol. The van der Waals surface area contributed by atoms with Crippen LogP contribution in [0.25, 0.3) is 0 Å². The Balaban J connectivity index is 1.41. The van der Waals surface area contributed by atoms with Crippen molar-refractivity contribution in [3.05, 3.63) is 71.3 Å². The van der Waals surface area contributed by atoms with E-state index in [9.17, 15) is 4.79 Å². The van der Waals surface area contributed by atoms with E-state index in [-0.39, 0.29) is 18.0 Å². The lowest BCUT2D eigenvalue weighted by atomic mass is 10.1. The van der Waals surface area contributed by atoms with Crippen LogP contribution in [-0.4, -0.2) is 41.0 Å². The molecule has 0 radical (unpaired) electrons. The molecule has 1 fully saturated rings. The maximum atomic E-state index is 12.9. The largest absolute Gasteiger partial charge is 0.497 e. The predicted molar refractivity (Wildman–Crippen MR) is 136 cm³/mol. The number of rotatable bonds is 10. The summed E-state index contributed by atoms with van der Waals surface area (Å²) in [4.78, 5) is 12.9. The lowest BCUT2D eigenvalue weighted by molar-refractivity contribution is 0.0940. The minimum Gasteiger partial charge on any atom is -0.497 e. The van der Waals surface area contributed by atoms with E-state index in [2.05, 4.69) is 43.0 Å². The fourth-order valence-electron chi connectivity index (χ4n) is 4.28. The Hall–Kier alpha value is -3.43. The molecule has 1 aliphatic rings. The van der Waals surface area contributed by atoms with E-state index in [1.807, 2.05) is 55.5 Å². The van der Waals surface area contributed by atoms with Gasteiger partial charge >= 0.3 is 0 Å². The van der Waals surface area contributed by atoms with Crippen molar-refractivity contribution >= 4 is 11.6 Å². The van der Waals surface area contributed by atoms with Crippen molar-refractivity contribution < 1.29 is 9.53 Å².